The molecule has 0 saturated heterocycles. The third-order valence-electron chi connectivity index (χ3n) is 8.28. The molecule has 4 aromatic carbocycles. The van der Waals surface area contributed by atoms with Crippen LogP contribution in [0.4, 0.5) is 0 Å². The van der Waals surface area contributed by atoms with Crippen LogP contribution in [-0.2, 0) is 25.8 Å². The van der Waals surface area contributed by atoms with E-state index in [4.69, 9.17) is 52.2 Å². The van der Waals surface area contributed by atoms with Gasteiger partial charge in [0.15, 0.2) is 33.0 Å². The molecular formula is C37H38Cl2N2O8S. The van der Waals surface area contributed by atoms with E-state index in [1.807, 2.05) is 12.1 Å². The number of aliphatic imine (C=N–C) groups is 1. The molecule has 0 spiro atoms. The van der Waals surface area contributed by atoms with E-state index in [1.54, 1.807) is 80.9 Å². The summed E-state index contributed by atoms with van der Waals surface area (Å²) in [5.74, 6) is 0.910. The summed E-state index contributed by atoms with van der Waals surface area (Å²) in [6.45, 7) is 0.552. The molecule has 2 atom stereocenters. The topological polar surface area (TPSA) is 133 Å². The van der Waals surface area contributed by atoms with Gasteiger partial charge in [-0.2, -0.15) is 0 Å². The van der Waals surface area contributed by atoms with Crippen LogP contribution in [-0.4, -0.2) is 70.6 Å². The molecule has 1 heterocycles. The number of aliphatic hydroxyl groups excluding tert-OH is 1. The van der Waals surface area contributed by atoms with Gasteiger partial charge in [-0.3, -0.25) is 4.79 Å². The van der Waals surface area contributed by atoms with Crippen LogP contribution in [0.3, 0.4) is 0 Å². The Bertz CT molecular complexity index is 1920. The second-order valence-electron chi connectivity index (χ2n) is 11.5. The first-order valence-electron chi connectivity index (χ1n) is 15.9. The fourth-order valence-corrected chi connectivity index (χ4v) is 7.50. The van der Waals surface area contributed by atoms with Crippen molar-refractivity contribution in [2.24, 2.45) is 4.99 Å². The quantitative estimate of drug-likeness (QED) is 0.129. The SMILES string of the molecule is COc1ccc(CCNC(=O)[C@]2(CCS(=O)(=O)c3ccccc3)N=C(c3ccc(OCCCO)cc3)O[C@@H]2c2ccc(Cl)cc2Cl)cc1OC. The minimum atomic E-state index is -3.84. The Morgan fingerprint density at radius 1 is 0.960 bits per heavy atom. The number of ether oxygens (including phenoxy) is 4. The van der Waals surface area contributed by atoms with Gasteiger partial charge in [0.05, 0.1) is 31.5 Å². The predicted octanol–water partition coefficient (Wildman–Crippen LogP) is 6.25. The van der Waals surface area contributed by atoms with E-state index < -0.39 is 33.1 Å². The summed E-state index contributed by atoms with van der Waals surface area (Å²) in [5, 5.41) is 12.7. The molecule has 264 valence electrons. The van der Waals surface area contributed by atoms with Crippen LogP contribution in [0.2, 0.25) is 10.0 Å². The minimum Gasteiger partial charge on any atom is -0.494 e. The molecule has 1 aliphatic heterocycles. The summed E-state index contributed by atoms with van der Waals surface area (Å²) in [7, 11) is -0.736. The normalized spacial score (nSPS) is 17.1. The molecule has 0 unspecified atom stereocenters. The summed E-state index contributed by atoms with van der Waals surface area (Å²) in [4.78, 5) is 19.6. The Morgan fingerprint density at radius 3 is 2.38 bits per heavy atom. The zero-order valence-electron chi connectivity index (χ0n) is 27.6. The Balaban J connectivity index is 1.52. The van der Waals surface area contributed by atoms with Gasteiger partial charge in [-0.1, -0.05) is 53.5 Å². The molecule has 0 saturated carbocycles. The molecule has 1 aliphatic rings. The predicted molar refractivity (Wildman–Crippen MR) is 193 cm³/mol. The van der Waals surface area contributed by atoms with Crippen LogP contribution >= 0.6 is 23.2 Å². The van der Waals surface area contributed by atoms with E-state index in [9.17, 15) is 13.2 Å². The van der Waals surface area contributed by atoms with E-state index in [0.717, 1.165) is 5.56 Å². The molecule has 0 radical (unpaired) electrons. The van der Waals surface area contributed by atoms with Gasteiger partial charge < -0.3 is 29.4 Å². The largest absolute Gasteiger partial charge is 0.494 e. The highest BCUT2D eigenvalue weighted by Crippen LogP contribution is 2.45. The summed E-state index contributed by atoms with van der Waals surface area (Å²) in [6.07, 6.45) is -0.403. The first kappa shape index (κ1) is 37.0. The summed E-state index contributed by atoms with van der Waals surface area (Å²) in [6, 6.07) is 25.3. The molecule has 0 aromatic heterocycles. The van der Waals surface area contributed by atoms with E-state index in [1.165, 1.54) is 12.1 Å². The number of hydrogen-bond acceptors (Lipinski definition) is 9. The highest BCUT2D eigenvalue weighted by atomic mass is 35.5. The van der Waals surface area contributed by atoms with Crippen LogP contribution < -0.4 is 19.5 Å². The average molecular weight is 742 g/mol. The molecule has 1 amide bonds. The molecular weight excluding hydrogens is 703 g/mol. The number of amides is 1. The Morgan fingerprint density at radius 2 is 1.70 bits per heavy atom. The van der Waals surface area contributed by atoms with Gasteiger partial charge >= 0.3 is 0 Å². The van der Waals surface area contributed by atoms with Crippen molar-refractivity contribution >= 4 is 44.8 Å². The monoisotopic (exact) mass is 740 g/mol. The molecule has 0 bridgehead atoms. The zero-order chi connectivity index (χ0) is 35.7. The molecule has 5 rings (SSSR count). The summed E-state index contributed by atoms with van der Waals surface area (Å²) >= 11 is 13.0. The van der Waals surface area contributed by atoms with Crippen molar-refractivity contribution in [1.82, 2.24) is 5.32 Å². The van der Waals surface area contributed by atoms with Gasteiger partial charge in [0, 0.05) is 47.2 Å². The molecule has 0 aliphatic carbocycles. The van der Waals surface area contributed by atoms with E-state index >= 15 is 0 Å². The maximum Gasteiger partial charge on any atom is 0.252 e. The lowest BCUT2D eigenvalue weighted by molar-refractivity contribution is -0.129. The average Bonchev–Trinajstić information content (AvgIpc) is 3.52. The highest BCUT2D eigenvalue weighted by Gasteiger charge is 2.54. The lowest BCUT2D eigenvalue weighted by atomic mass is 9.85. The fraction of sp³-hybridized carbons (Fsp3) is 0.297. The zero-order valence-corrected chi connectivity index (χ0v) is 29.9. The van der Waals surface area contributed by atoms with Crippen molar-refractivity contribution in [3.05, 3.63) is 118 Å². The molecule has 10 nitrogen and oxygen atoms in total. The summed E-state index contributed by atoms with van der Waals surface area (Å²) in [5.41, 5.74) is 0.100. The van der Waals surface area contributed by atoms with Crippen molar-refractivity contribution < 1.29 is 37.3 Å². The number of nitrogens with one attached hydrogen (secondary N) is 1. The van der Waals surface area contributed by atoms with Crippen molar-refractivity contribution in [1.29, 1.82) is 0 Å². The fourth-order valence-electron chi connectivity index (χ4n) is 5.61. The lowest BCUT2D eigenvalue weighted by Crippen LogP contribution is -2.49. The standard InChI is InChI=1S/C37H38Cl2N2O8S/c1-46-32-16-9-25(23-33(32)47-2)17-19-40-36(43)37(18-22-50(44,45)29-7-4-3-5-8-29)34(30-15-12-27(38)24-31(30)39)49-35(41-37)26-10-13-28(14-11-26)48-21-6-20-42/h3-5,7-16,23-24,34,42H,6,17-22H2,1-2H3,(H,40,43)/t34-,37-/m1/s1. The maximum absolute atomic E-state index is 14.5. The molecule has 50 heavy (non-hydrogen) atoms. The first-order valence-corrected chi connectivity index (χ1v) is 18.3. The van der Waals surface area contributed by atoms with Crippen LogP contribution in [0.25, 0.3) is 0 Å². The number of rotatable bonds is 16. The van der Waals surface area contributed by atoms with Crippen molar-refractivity contribution in [2.75, 3.05) is 39.7 Å². The van der Waals surface area contributed by atoms with Gasteiger partial charge in [-0.15, -0.1) is 0 Å². The van der Waals surface area contributed by atoms with Crippen molar-refractivity contribution in [2.45, 2.75) is 35.8 Å². The van der Waals surface area contributed by atoms with E-state index in [-0.39, 0.29) is 35.4 Å². The number of methoxy groups -OCH3 is 2. The number of halogens is 2. The number of carbonyl (C=O) groups is 1. The molecule has 2 N–H and O–H groups in total. The third kappa shape index (κ3) is 8.53. The second-order valence-corrected chi connectivity index (χ2v) is 14.5. The molecule has 0 fully saturated rings. The Labute approximate surface area is 301 Å². The highest BCUT2D eigenvalue weighted by molar-refractivity contribution is 7.91. The number of sulfone groups is 1. The number of hydrogen-bond donors (Lipinski definition) is 2. The van der Waals surface area contributed by atoms with Crippen LogP contribution in [0.1, 0.15) is 35.6 Å². The van der Waals surface area contributed by atoms with Crippen molar-refractivity contribution in [3.63, 3.8) is 0 Å². The van der Waals surface area contributed by atoms with Gasteiger partial charge in [-0.05, 0) is 72.6 Å². The number of benzene rings is 4. The smallest absolute Gasteiger partial charge is 0.252 e. The third-order valence-corrected chi connectivity index (χ3v) is 10.6. The van der Waals surface area contributed by atoms with Crippen LogP contribution in [0.5, 0.6) is 17.2 Å². The number of carbonyl (C=O) groups excluding carboxylic acids is 1. The molecule has 4 aromatic rings. The first-order chi connectivity index (χ1) is 24.1. The van der Waals surface area contributed by atoms with E-state index in [2.05, 4.69) is 5.32 Å². The van der Waals surface area contributed by atoms with Crippen molar-refractivity contribution in [3.8, 4) is 17.2 Å². The van der Waals surface area contributed by atoms with Crippen LogP contribution in [0, 0.1) is 0 Å². The maximum atomic E-state index is 14.5. The minimum absolute atomic E-state index is 0.00973. The Kier molecular flexibility index (Phi) is 12.3. The Hall–Kier alpha value is -4.29. The van der Waals surface area contributed by atoms with Gasteiger partial charge in [0.1, 0.15) is 5.75 Å². The number of aliphatic hydroxyl groups is 1. The molecule has 13 heteroatoms. The van der Waals surface area contributed by atoms with Gasteiger partial charge in [-0.25, -0.2) is 13.4 Å². The summed E-state index contributed by atoms with van der Waals surface area (Å²) < 4.78 is 50.1. The second kappa shape index (κ2) is 16.6. The van der Waals surface area contributed by atoms with Crippen LogP contribution in [0.15, 0.2) is 101 Å². The number of nitrogens with zero attached hydrogens (tertiary/aromatic N) is 1. The lowest BCUT2D eigenvalue weighted by Gasteiger charge is -2.31. The van der Waals surface area contributed by atoms with Gasteiger partial charge in [0.2, 0.25) is 5.90 Å². The van der Waals surface area contributed by atoms with Gasteiger partial charge in [0.25, 0.3) is 5.91 Å². The van der Waals surface area contributed by atoms with E-state index in [0.29, 0.717) is 52.8 Å².